The lowest BCUT2D eigenvalue weighted by Gasteiger charge is -2.26. The van der Waals surface area contributed by atoms with Gasteiger partial charge in [0, 0.05) is 55.0 Å². The molecule has 0 radical (unpaired) electrons. The minimum absolute atomic E-state index is 0.0820. The van der Waals surface area contributed by atoms with Crippen molar-refractivity contribution in [3.63, 3.8) is 0 Å². The van der Waals surface area contributed by atoms with Crippen molar-refractivity contribution < 1.29 is 9.15 Å². The first-order chi connectivity index (χ1) is 14.1. The van der Waals surface area contributed by atoms with E-state index in [9.17, 15) is 0 Å². The van der Waals surface area contributed by atoms with Gasteiger partial charge >= 0.3 is 0 Å². The second-order valence-electron chi connectivity index (χ2n) is 7.69. The SMILES string of the molecule is Cc1nc2c(o1)CN(c1cc(C3=NCc4cnc(OC(C)C)cc43)ccn1)CC2. The number of hydrogen-bond donors (Lipinski definition) is 0. The molecular weight excluding hydrogens is 366 g/mol. The highest BCUT2D eigenvalue weighted by molar-refractivity contribution is 6.15. The Hall–Kier alpha value is -3.22. The van der Waals surface area contributed by atoms with Crippen molar-refractivity contribution in [1.29, 1.82) is 0 Å². The number of fused-ring (bicyclic) bond motifs is 2. The summed E-state index contributed by atoms with van der Waals surface area (Å²) in [6.07, 6.45) is 4.66. The van der Waals surface area contributed by atoms with Crippen molar-refractivity contribution in [1.82, 2.24) is 15.0 Å². The molecule has 0 unspecified atom stereocenters. The fraction of sp³-hybridized carbons (Fsp3) is 0.364. The summed E-state index contributed by atoms with van der Waals surface area (Å²) in [5.74, 6) is 3.22. The summed E-state index contributed by atoms with van der Waals surface area (Å²) in [6, 6.07) is 6.10. The Morgan fingerprint density at radius 2 is 2.10 bits per heavy atom. The van der Waals surface area contributed by atoms with Crippen molar-refractivity contribution in [2.45, 2.75) is 46.4 Å². The number of aliphatic imine (C=N–C) groups is 1. The highest BCUT2D eigenvalue weighted by atomic mass is 16.5. The zero-order chi connectivity index (χ0) is 20.0. The van der Waals surface area contributed by atoms with Crippen LogP contribution in [0.5, 0.6) is 5.88 Å². The highest BCUT2D eigenvalue weighted by Crippen LogP contribution is 2.28. The number of aromatic nitrogens is 3. The maximum atomic E-state index is 5.77. The fourth-order valence-electron chi connectivity index (χ4n) is 3.87. The topological polar surface area (TPSA) is 76.6 Å². The van der Waals surface area contributed by atoms with Gasteiger partial charge in [0.15, 0.2) is 5.89 Å². The lowest BCUT2D eigenvalue weighted by Crippen LogP contribution is -2.30. The molecule has 2 aliphatic rings. The number of oxazole rings is 1. The van der Waals surface area contributed by atoms with Gasteiger partial charge in [-0.3, -0.25) is 4.99 Å². The average Bonchev–Trinajstić information content (AvgIpc) is 3.29. The average molecular weight is 389 g/mol. The Labute approximate surface area is 169 Å². The van der Waals surface area contributed by atoms with Crippen LogP contribution in [0, 0.1) is 6.92 Å². The van der Waals surface area contributed by atoms with Crippen LogP contribution in [-0.4, -0.2) is 33.3 Å². The molecule has 7 nitrogen and oxygen atoms in total. The Morgan fingerprint density at radius 3 is 2.97 bits per heavy atom. The molecule has 29 heavy (non-hydrogen) atoms. The first-order valence-electron chi connectivity index (χ1n) is 9.94. The smallest absolute Gasteiger partial charge is 0.214 e. The monoisotopic (exact) mass is 389 g/mol. The Kier molecular flexibility index (Phi) is 4.30. The van der Waals surface area contributed by atoms with E-state index in [4.69, 9.17) is 14.1 Å². The van der Waals surface area contributed by atoms with Gasteiger partial charge in [0.25, 0.3) is 0 Å². The number of aryl methyl sites for hydroxylation is 1. The van der Waals surface area contributed by atoms with Crippen molar-refractivity contribution in [2.24, 2.45) is 4.99 Å². The van der Waals surface area contributed by atoms with Crippen LogP contribution in [0.15, 0.2) is 40.0 Å². The third-order valence-corrected chi connectivity index (χ3v) is 5.16. The van der Waals surface area contributed by atoms with Crippen LogP contribution >= 0.6 is 0 Å². The summed E-state index contributed by atoms with van der Waals surface area (Å²) in [6.45, 7) is 8.09. The number of pyridine rings is 2. The van der Waals surface area contributed by atoms with Crippen LogP contribution in [0.1, 0.15) is 47.9 Å². The number of ether oxygens (including phenoxy) is 1. The van der Waals surface area contributed by atoms with Gasteiger partial charge in [0.05, 0.1) is 30.6 Å². The summed E-state index contributed by atoms with van der Waals surface area (Å²) < 4.78 is 11.5. The van der Waals surface area contributed by atoms with Crippen molar-refractivity contribution in [3.8, 4) is 5.88 Å². The van der Waals surface area contributed by atoms with E-state index in [2.05, 4.69) is 25.9 Å². The van der Waals surface area contributed by atoms with Gasteiger partial charge in [0.2, 0.25) is 5.88 Å². The van der Waals surface area contributed by atoms with Crippen LogP contribution in [0.4, 0.5) is 5.82 Å². The Morgan fingerprint density at radius 1 is 1.21 bits per heavy atom. The molecule has 5 heterocycles. The molecule has 0 saturated carbocycles. The van der Waals surface area contributed by atoms with Gasteiger partial charge in [-0.2, -0.15) is 0 Å². The largest absolute Gasteiger partial charge is 0.475 e. The van der Waals surface area contributed by atoms with E-state index >= 15 is 0 Å². The van der Waals surface area contributed by atoms with Gasteiger partial charge in [-0.15, -0.1) is 0 Å². The van der Waals surface area contributed by atoms with Gasteiger partial charge in [-0.25, -0.2) is 15.0 Å². The predicted molar refractivity (Wildman–Crippen MR) is 110 cm³/mol. The molecule has 0 spiro atoms. The van der Waals surface area contributed by atoms with E-state index in [1.807, 2.05) is 45.3 Å². The molecule has 7 heteroatoms. The maximum Gasteiger partial charge on any atom is 0.214 e. The molecule has 0 N–H and O–H groups in total. The molecule has 3 aromatic rings. The number of rotatable bonds is 4. The third-order valence-electron chi connectivity index (χ3n) is 5.16. The Bertz CT molecular complexity index is 1100. The molecule has 0 amide bonds. The predicted octanol–water partition coefficient (Wildman–Crippen LogP) is 3.47. The van der Waals surface area contributed by atoms with Crippen LogP contribution in [0.3, 0.4) is 0 Å². The zero-order valence-corrected chi connectivity index (χ0v) is 16.8. The molecular formula is C22H23N5O2. The third kappa shape index (κ3) is 3.37. The molecule has 148 valence electrons. The molecule has 0 bridgehead atoms. The maximum absolute atomic E-state index is 5.77. The van der Waals surface area contributed by atoms with Crippen LogP contribution in [0.2, 0.25) is 0 Å². The first-order valence-corrected chi connectivity index (χ1v) is 9.94. The van der Waals surface area contributed by atoms with Crippen LogP contribution in [-0.2, 0) is 19.5 Å². The van der Waals surface area contributed by atoms with E-state index in [1.54, 1.807) is 0 Å². The van der Waals surface area contributed by atoms with E-state index in [-0.39, 0.29) is 6.10 Å². The quantitative estimate of drug-likeness (QED) is 0.680. The zero-order valence-electron chi connectivity index (χ0n) is 16.8. The summed E-state index contributed by atoms with van der Waals surface area (Å²) in [4.78, 5) is 20.5. The molecule has 0 aliphatic carbocycles. The molecule has 2 aliphatic heterocycles. The van der Waals surface area contributed by atoms with E-state index in [0.717, 1.165) is 58.5 Å². The van der Waals surface area contributed by atoms with Crippen molar-refractivity contribution >= 4 is 11.5 Å². The number of anilines is 1. The van der Waals surface area contributed by atoms with Crippen molar-refractivity contribution in [3.05, 3.63) is 64.6 Å². The Balaban J connectivity index is 1.43. The van der Waals surface area contributed by atoms with Gasteiger partial charge < -0.3 is 14.1 Å². The van der Waals surface area contributed by atoms with Crippen molar-refractivity contribution in [2.75, 3.05) is 11.4 Å². The molecule has 0 fully saturated rings. The van der Waals surface area contributed by atoms with Gasteiger partial charge in [-0.1, -0.05) is 0 Å². The molecule has 0 saturated heterocycles. The first kappa shape index (κ1) is 17.8. The van der Waals surface area contributed by atoms with Crippen LogP contribution in [0.25, 0.3) is 0 Å². The summed E-state index contributed by atoms with van der Waals surface area (Å²) in [5, 5.41) is 0. The van der Waals surface area contributed by atoms with E-state index in [0.29, 0.717) is 19.0 Å². The highest BCUT2D eigenvalue weighted by Gasteiger charge is 2.24. The molecule has 5 rings (SSSR count). The number of hydrogen-bond acceptors (Lipinski definition) is 7. The van der Waals surface area contributed by atoms with E-state index < -0.39 is 0 Å². The summed E-state index contributed by atoms with van der Waals surface area (Å²) in [5.41, 5.74) is 5.28. The molecule has 0 aromatic carbocycles. The van der Waals surface area contributed by atoms with Gasteiger partial charge in [-0.05, 0) is 26.0 Å². The normalized spacial score (nSPS) is 15.3. The summed E-state index contributed by atoms with van der Waals surface area (Å²) >= 11 is 0. The molecule has 0 atom stereocenters. The fourth-order valence-corrected chi connectivity index (χ4v) is 3.87. The lowest BCUT2D eigenvalue weighted by atomic mass is 10.0. The lowest BCUT2D eigenvalue weighted by molar-refractivity contribution is 0.232. The second-order valence-corrected chi connectivity index (χ2v) is 7.69. The second kappa shape index (κ2) is 6.99. The minimum Gasteiger partial charge on any atom is -0.475 e. The standard InChI is InChI=1S/C22H23N5O2/c1-13(2)28-21-9-17-16(10-24-21)11-25-22(17)15-4-6-23-20(8-15)27-7-5-18-19(12-27)29-14(3)26-18/h4,6,8-10,13H,5,7,11-12H2,1-3H3. The summed E-state index contributed by atoms with van der Waals surface area (Å²) in [7, 11) is 0. The molecule has 3 aromatic heterocycles. The minimum atomic E-state index is 0.0820. The van der Waals surface area contributed by atoms with Crippen LogP contribution < -0.4 is 9.64 Å². The van der Waals surface area contributed by atoms with E-state index in [1.165, 1.54) is 0 Å². The number of nitrogens with zero attached hydrogens (tertiary/aromatic N) is 5. The van der Waals surface area contributed by atoms with Gasteiger partial charge in [0.1, 0.15) is 11.6 Å².